The van der Waals surface area contributed by atoms with Gasteiger partial charge in [0.1, 0.15) is 0 Å². The molecule has 2 atom stereocenters. The molecule has 4 aliphatic rings. The average molecular weight is 864 g/mol. The first kappa shape index (κ1) is 43.9. The second kappa shape index (κ2) is 17.5. The molecule has 6 rings (SSSR count). The summed E-state index contributed by atoms with van der Waals surface area (Å²) in [6.07, 6.45) is 18.9. The molecule has 0 spiro atoms. The molecule has 4 nitrogen and oxygen atoms in total. The van der Waals surface area contributed by atoms with E-state index in [1.165, 1.54) is 21.9 Å². The molecule has 4 aliphatic carbocycles. The molecule has 308 valence electrons. The molecular weight excluding hydrogens is 807 g/mol. The van der Waals surface area contributed by atoms with Crippen molar-refractivity contribution < 1.29 is 43.7 Å². The maximum atomic E-state index is 18.3. The van der Waals surface area contributed by atoms with Gasteiger partial charge in [0.25, 0.3) is 0 Å². The van der Waals surface area contributed by atoms with Crippen molar-refractivity contribution >= 4 is 54.1 Å². The second-order valence-electron chi connectivity index (χ2n) is 17.5. The molecule has 0 radical (unpaired) electrons. The van der Waals surface area contributed by atoms with Crippen molar-refractivity contribution in [1.29, 1.82) is 0 Å². The molecule has 2 aromatic carbocycles. The number of hydrogen-bond acceptors (Lipinski definition) is 2. The first-order valence-electron chi connectivity index (χ1n) is 20.6. The third-order valence-electron chi connectivity index (χ3n) is 13.3. The van der Waals surface area contributed by atoms with Gasteiger partial charge in [-0.1, -0.05) is 0 Å². The van der Waals surface area contributed by atoms with Gasteiger partial charge < -0.3 is 0 Å². The molecule has 0 saturated heterocycles. The van der Waals surface area contributed by atoms with Crippen LogP contribution in [0, 0.1) is 34.1 Å². The topological polar surface area (TPSA) is 40.6 Å². The zero-order valence-corrected chi connectivity index (χ0v) is 37.1. The Labute approximate surface area is 349 Å². The Balaban J connectivity index is 1.69. The van der Waals surface area contributed by atoms with E-state index in [-0.39, 0.29) is 44.0 Å². The Morgan fingerprint density at radius 2 is 0.982 bits per heavy atom. The third-order valence-corrected chi connectivity index (χ3v) is 22.4. The fourth-order valence-electron chi connectivity index (χ4n) is 9.15. The van der Waals surface area contributed by atoms with E-state index in [9.17, 15) is 9.59 Å². The normalized spacial score (nSPS) is 19.4. The van der Waals surface area contributed by atoms with Crippen LogP contribution < -0.4 is 17.5 Å². The van der Waals surface area contributed by atoms with E-state index in [2.05, 4.69) is 0 Å². The number of benzene rings is 2. The number of rotatable bonds is 12. The van der Waals surface area contributed by atoms with Gasteiger partial charge >= 0.3 is 352 Å². The van der Waals surface area contributed by atoms with Crippen LogP contribution in [-0.2, 0) is 26.2 Å². The minimum absolute atomic E-state index is 0.115. The van der Waals surface area contributed by atoms with E-state index in [0.717, 1.165) is 50.7 Å². The number of hydrogen-bond donors (Lipinski definition) is 0. The first-order valence-corrected chi connectivity index (χ1v) is 24.6. The van der Waals surface area contributed by atoms with Crippen LogP contribution in [0.4, 0.5) is 28.9 Å². The molecule has 57 heavy (non-hydrogen) atoms. The number of allylic oxidation sites excluding steroid dienone is 8. The van der Waals surface area contributed by atoms with Gasteiger partial charge in [-0.25, -0.2) is 0 Å². The molecule has 2 amide bonds. The summed E-state index contributed by atoms with van der Waals surface area (Å²) in [6.45, 7) is 10.3. The minimum atomic E-state index is -5.39. The van der Waals surface area contributed by atoms with Crippen molar-refractivity contribution in [3.05, 3.63) is 91.7 Å². The van der Waals surface area contributed by atoms with Crippen molar-refractivity contribution in [2.45, 2.75) is 141 Å². The van der Waals surface area contributed by atoms with Crippen molar-refractivity contribution in [2.24, 2.45) is 10.8 Å². The first-order chi connectivity index (χ1) is 27.0. The predicted molar refractivity (Wildman–Crippen MR) is 223 cm³/mol. The quantitative estimate of drug-likeness (QED) is 0.121. The van der Waals surface area contributed by atoms with Crippen molar-refractivity contribution in [3.8, 4) is 0 Å². The van der Waals surface area contributed by atoms with Crippen LogP contribution in [-0.4, -0.2) is 34.7 Å². The molecule has 2 aromatic rings. The van der Waals surface area contributed by atoms with Gasteiger partial charge in [-0.3, -0.25) is 0 Å². The van der Waals surface area contributed by atoms with Gasteiger partial charge in [-0.15, -0.1) is 0 Å². The predicted octanol–water partition coefficient (Wildman–Crippen LogP) is 11.7. The number of halogens is 6. The molecule has 11 heteroatoms. The van der Waals surface area contributed by atoms with Crippen LogP contribution in [0.3, 0.4) is 0 Å². The van der Waals surface area contributed by atoms with E-state index in [4.69, 9.17) is 23.2 Å². The van der Waals surface area contributed by atoms with Crippen LogP contribution in [0.5, 0.6) is 0 Å². The SMILES string of the molecule is CC(Cl)C(C)(C)C(=O)N(c1ccc(F)[c]([Ti]([C]2=CC=CC2)([C]2=CC=CC2)[c]2c(F)ccc(N(C(=O)C(C)(C)C(C)Cl)C3CCCCC3)c2F)c1F)C1CCCCC1. The summed E-state index contributed by atoms with van der Waals surface area (Å²) in [5, 5.41) is -1.24. The van der Waals surface area contributed by atoms with Gasteiger partial charge in [-0.2, -0.15) is 0 Å². The Bertz CT molecular complexity index is 1850. The number of carbonyl (C=O) groups excluding carboxylic acids is 2. The monoisotopic (exact) mass is 862 g/mol. The maximum absolute atomic E-state index is 18.3. The Morgan fingerprint density at radius 1 is 0.632 bits per heavy atom. The molecule has 2 saturated carbocycles. The summed E-state index contributed by atoms with van der Waals surface area (Å²) in [6, 6.07) is 4.15. The molecule has 0 aliphatic heterocycles. The molecular formula is C46H56Cl2F4N2O2Ti. The number of carbonyl (C=O) groups is 2. The Morgan fingerprint density at radius 3 is 1.28 bits per heavy atom. The van der Waals surface area contributed by atoms with Crippen LogP contribution >= 0.6 is 23.2 Å². The Hall–Kier alpha value is -2.65. The average Bonchev–Trinajstić information content (AvgIpc) is 3.93. The molecule has 0 aromatic heterocycles. The van der Waals surface area contributed by atoms with Crippen molar-refractivity contribution in [2.75, 3.05) is 9.80 Å². The molecule has 2 unspecified atom stereocenters. The zero-order chi connectivity index (χ0) is 41.4. The summed E-state index contributed by atoms with van der Waals surface area (Å²) < 4.78 is 71.4. The standard InChI is InChI=1S/2C18H23ClF2NO.2C5H5.Ti/c2*1-12(19)18(2,3)17(23)22(14-7-5-4-6-8-14)16-10-9-13(20)11-15(16)21;2*1-2-4-5-3-1;/h2*9-10,12,14H,4-8H2,1-3H3;2*1-3H,4H2;. The molecule has 0 heterocycles. The molecule has 0 N–H and O–H groups in total. The van der Waals surface area contributed by atoms with Crippen LogP contribution in [0.1, 0.15) is 119 Å². The number of nitrogens with zero attached hydrogens (tertiary/aromatic N) is 2. The zero-order valence-electron chi connectivity index (χ0n) is 34.0. The summed E-state index contributed by atoms with van der Waals surface area (Å²) in [5.74, 6) is -4.64. The van der Waals surface area contributed by atoms with Crippen molar-refractivity contribution in [1.82, 2.24) is 0 Å². The Kier molecular flexibility index (Phi) is 13.5. The van der Waals surface area contributed by atoms with E-state index >= 15 is 17.6 Å². The van der Waals surface area contributed by atoms with Gasteiger partial charge in [0.15, 0.2) is 0 Å². The third kappa shape index (κ3) is 7.91. The number of amides is 2. The molecule has 2 fully saturated rings. The van der Waals surface area contributed by atoms with E-state index in [1.807, 2.05) is 12.2 Å². The van der Waals surface area contributed by atoms with Crippen LogP contribution in [0.25, 0.3) is 0 Å². The molecule has 0 bridgehead atoms. The second-order valence-corrected chi connectivity index (χ2v) is 24.7. The number of anilines is 2. The van der Waals surface area contributed by atoms with E-state index in [1.54, 1.807) is 65.8 Å². The van der Waals surface area contributed by atoms with Crippen LogP contribution in [0.15, 0.2) is 68.5 Å². The van der Waals surface area contributed by atoms with Crippen LogP contribution in [0.2, 0.25) is 0 Å². The van der Waals surface area contributed by atoms with Gasteiger partial charge in [-0.05, 0) is 0 Å². The van der Waals surface area contributed by atoms with Gasteiger partial charge in [0.2, 0.25) is 0 Å². The van der Waals surface area contributed by atoms with E-state index in [0.29, 0.717) is 33.4 Å². The van der Waals surface area contributed by atoms with Gasteiger partial charge in [0, 0.05) is 0 Å². The van der Waals surface area contributed by atoms with Crippen molar-refractivity contribution in [3.63, 3.8) is 0 Å². The summed E-state index contributed by atoms with van der Waals surface area (Å²) in [5.41, 5.74) is -2.47. The fourth-order valence-corrected chi connectivity index (χ4v) is 17.6. The summed E-state index contributed by atoms with van der Waals surface area (Å²) in [7, 11) is 0. The van der Waals surface area contributed by atoms with E-state index < -0.39 is 73.3 Å². The number of alkyl halides is 2. The summed E-state index contributed by atoms with van der Waals surface area (Å²) >= 11 is 7.84. The fraction of sp³-hybridized carbons (Fsp3) is 0.522. The summed E-state index contributed by atoms with van der Waals surface area (Å²) in [4.78, 5) is 32.2. The van der Waals surface area contributed by atoms with Gasteiger partial charge in [0.05, 0.1) is 0 Å².